The molecule has 7 heteroatoms. The van der Waals surface area contributed by atoms with Crippen molar-refractivity contribution in [3.8, 4) is 5.75 Å². The molecule has 0 aliphatic rings. The van der Waals surface area contributed by atoms with E-state index in [4.69, 9.17) is 4.74 Å². The lowest BCUT2D eigenvalue weighted by molar-refractivity contribution is 0.0935. The molecular formula is C24H26N2O4S. The zero-order chi connectivity index (χ0) is 22.4. The monoisotopic (exact) mass is 438 g/mol. The number of nitrogens with one attached hydrogen (secondary N) is 2. The topological polar surface area (TPSA) is 84.5 Å². The molecule has 0 aliphatic carbocycles. The highest BCUT2D eigenvalue weighted by atomic mass is 32.2. The molecule has 0 saturated heterocycles. The number of methoxy groups -OCH3 is 1. The first-order valence-electron chi connectivity index (χ1n) is 9.97. The van der Waals surface area contributed by atoms with Gasteiger partial charge in [0.05, 0.1) is 18.0 Å². The molecule has 0 aromatic heterocycles. The predicted octanol–water partition coefficient (Wildman–Crippen LogP) is 4.69. The van der Waals surface area contributed by atoms with Crippen molar-refractivity contribution in [1.29, 1.82) is 0 Å². The number of hydrogen-bond acceptors (Lipinski definition) is 4. The van der Waals surface area contributed by atoms with Crippen molar-refractivity contribution in [2.75, 3.05) is 11.8 Å². The van der Waals surface area contributed by atoms with Crippen molar-refractivity contribution >= 4 is 21.6 Å². The molecule has 0 unspecified atom stereocenters. The van der Waals surface area contributed by atoms with Gasteiger partial charge in [-0.1, -0.05) is 37.3 Å². The van der Waals surface area contributed by atoms with Crippen molar-refractivity contribution in [1.82, 2.24) is 5.32 Å². The molecule has 0 heterocycles. The number of ether oxygens (including phenoxy) is 1. The minimum atomic E-state index is -3.68. The fourth-order valence-corrected chi connectivity index (χ4v) is 4.36. The van der Waals surface area contributed by atoms with Gasteiger partial charge in [0.25, 0.3) is 15.9 Å². The Morgan fingerprint density at radius 3 is 2.26 bits per heavy atom. The van der Waals surface area contributed by atoms with Gasteiger partial charge in [-0.05, 0) is 66.9 Å². The number of hydrogen-bond donors (Lipinski definition) is 2. The average molecular weight is 439 g/mol. The molecule has 6 nitrogen and oxygen atoms in total. The Labute approximate surface area is 183 Å². The van der Waals surface area contributed by atoms with Crippen LogP contribution in [-0.4, -0.2) is 21.4 Å². The van der Waals surface area contributed by atoms with Gasteiger partial charge in [0, 0.05) is 11.3 Å². The number of anilines is 1. The third kappa shape index (κ3) is 5.44. The van der Waals surface area contributed by atoms with E-state index in [-0.39, 0.29) is 16.8 Å². The lowest BCUT2D eigenvalue weighted by atomic mass is 10.0. The van der Waals surface area contributed by atoms with Crippen LogP contribution >= 0.6 is 0 Å². The first-order valence-corrected chi connectivity index (χ1v) is 11.5. The Kier molecular flexibility index (Phi) is 6.97. The Morgan fingerprint density at radius 1 is 1.00 bits per heavy atom. The van der Waals surface area contributed by atoms with Gasteiger partial charge in [0.2, 0.25) is 0 Å². The van der Waals surface area contributed by atoms with Crippen LogP contribution in [0.1, 0.15) is 40.9 Å². The molecular weight excluding hydrogens is 412 g/mol. The molecule has 0 aliphatic heterocycles. The zero-order valence-electron chi connectivity index (χ0n) is 17.8. The van der Waals surface area contributed by atoms with Crippen molar-refractivity contribution < 1.29 is 17.9 Å². The summed E-state index contributed by atoms with van der Waals surface area (Å²) >= 11 is 0. The Morgan fingerprint density at radius 2 is 1.68 bits per heavy atom. The smallest absolute Gasteiger partial charge is 0.261 e. The normalized spacial score (nSPS) is 12.1. The molecule has 0 saturated carbocycles. The molecule has 1 atom stereocenters. The number of aryl methyl sites for hydroxylation is 1. The van der Waals surface area contributed by atoms with Crippen molar-refractivity contribution in [2.45, 2.75) is 31.2 Å². The molecule has 0 radical (unpaired) electrons. The van der Waals surface area contributed by atoms with E-state index in [1.54, 1.807) is 49.6 Å². The molecule has 0 fully saturated rings. The summed E-state index contributed by atoms with van der Waals surface area (Å²) in [7, 11) is -2.05. The van der Waals surface area contributed by atoms with Crippen LogP contribution in [0, 0.1) is 6.92 Å². The van der Waals surface area contributed by atoms with Gasteiger partial charge in [0.15, 0.2) is 0 Å². The molecule has 3 rings (SSSR count). The number of benzene rings is 3. The minimum Gasteiger partial charge on any atom is -0.496 e. The highest BCUT2D eigenvalue weighted by Gasteiger charge is 2.17. The standard InChI is InChI=1S/C24H26N2O4S/c1-4-22(19-12-15-23(30-3)17(2)16-19)25-24(27)18-10-13-20(14-11-18)26-31(28,29)21-8-6-5-7-9-21/h5-16,22,26H,4H2,1-3H3,(H,25,27)/t22-/m1/s1. The molecule has 31 heavy (non-hydrogen) atoms. The third-order valence-electron chi connectivity index (χ3n) is 4.99. The molecule has 3 aromatic carbocycles. The van der Waals surface area contributed by atoms with Crippen molar-refractivity contribution in [3.63, 3.8) is 0 Å². The van der Waals surface area contributed by atoms with Crippen LogP contribution < -0.4 is 14.8 Å². The Balaban J connectivity index is 1.70. The van der Waals surface area contributed by atoms with Crippen LogP contribution in [0.25, 0.3) is 0 Å². The highest BCUT2D eigenvalue weighted by molar-refractivity contribution is 7.92. The summed E-state index contributed by atoms with van der Waals surface area (Å²) in [6, 6.07) is 20.2. The molecule has 162 valence electrons. The second-order valence-electron chi connectivity index (χ2n) is 7.16. The van der Waals surface area contributed by atoms with E-state index in [1.165, 1.54) is 12.1 Å². The lowest BCUT2D eigenvalue weighted by Crippen LogP contribution is -2.28. The third-order valence-corrected chi connectivity index (χ3v) is 6.38. The summed E-state index contributed by atoms with van der Waals surface area (Å²) in [5.41, 5.74) is 2.84. The van der Waals surface area contributed by atoms with Crippen LogP contribution in [0.4, 0.5) is 5.69 Å². The molecule has 1 amide bonds. The number of sulfonamides is 1. The first kappa shape index (κ1) is 22.4. The fraction of sp³-hybridized carbons (Fsp3) is 0.208. The van der Waals surface area contributed by atoms with E-state index < -0.39 is 10.0 Å². The largest absolute Gasteiger partial charge is 0.496 e. The van der Waals surface area contributed by atoms with E-state index in [0.717, 1.165) is 23.3 Å². The molecule has 0 bridgehead atoms. The highest BCUT2D eigenvalue weighted by Crippen LogP contribution is 2.25. The summed E-state index contributed by atoms with van der Waals surface area (Å²) in [6.45, 7) is 3.97. The second kappa shape index (κ2) is 9.66. The maximum absolute atomic E-state index is 12.7. The van der Waals surface area contributed by atoms with Crippen LogP contribution in [0.2, 0.25) is 0 Å². The van der Waals surface area contributed by atoms with E-state index >= 15 is 0 Å². The average Bonchev–Trinajstić information content (AvgIpc) is 2.78. The number of carbonyl (C=O) groups excluding carboxylic acids is 1. The Hall–Kier alpha value is -3.32. The lowest BCUT2D eigenvalue weighted by Gasteiger charge is -2.19. The Bertz CT molecular complexity index is 1140. The first-order chi connectivity index (χ1) is 14.8. The molecule has 3 aromatic rings. The van der Waals surface area contributed by atoms with Crippen LogP contribution in [-0.2, 0) is 10.0 Å². The van der Waals surface area contributed by atoms with Crippen molar-refractivity contribution in [2.24, 2.45) is 0 Å². The predicted molar refractivity (Wildman–Crippen MR) is 122 cm³/mol. The minimum absolute atomic E-state index is 0.145. The summed E-state index contributed by atoms with van der Waals surface area (Å²) in [6.07, 6.45) is 0.729. The summed E-state index contributed by atoms with van der Waals surface area (Å²) in [5.74, 6) is 0.580. The van der Waals surface area contributed by atoms with Gasteiger partial charge in [-0.3, -0.25) is 9.52 Å². The van der Waals surface area contributed by atoms with Gasteiger partial charge in [-0.25, -0.2) is 8.42 Å². The van der Waals surface area contributed by atoms with E-state index in [2.05, 4.69) is 10.0 Å². The quantitative estimate of drug-likeness (QED) is 0.535. The maximum atomic E-state index is 12.7. The van der Waals surface area contributed by atoms with Gasteiger partial charge < -0.3 is 10.1 Å². The fourth-order valence-electron chi connectivity index (χ4n) is 3.28. The number of carbonyl (C=O) groups is 1. The van der Waals surface area contributed by atoms with Gasteiger partial charge in [-0.2, -0.15) is 0 Å². The van der Waals surface area contributed by atoms with Gasteiger partial charge >= 0.3 is 0 Å². The van der Waals surface area contributed by atoms with E-state index in [1.807, 2.05) is 32.0 Å². The van der Waals surface area contributed by atoms with E-state index in [0.29, 0.717) is 11.3 Å². The summed E-state index contributed by atoms with van der Waals surface area (Å²) in [4.78, 5) is 12.9. The van der Waals surface area contributed by atoms with Crippen LogP contribution in [0.15, 0.2) is 77.7 Å². The number of rotatable bonds is 8. The maximum Gasteiger partial charge on any atom is 0.261 e. The summed E-state index contributed by atoms with van der Waals surface area (Å²) < 4.78 is 32.7. The van der Waals surface area contributed by atoms with Crippen molar-refractivity contribution in [3.05, 3.63) is 89.5 Å². The van der Waals surface area contributed by atoms with Crippen LogP contribution in [0.5, 0.6) is 5.75 Å². The second-order valence-corrected chi connectivity index (χ2v) is 8.84. The van der Waals surface area contributed by atoms with E-state index in [9.17, 15) is 13.2 Å². The summed E-state index contributed by atoms with van der Waals surface area (Å²) in [5, 5.41) is 3.04. The van der Waals surface area contributed by atoms with Gasteiger partial charge in [-0.15, -0.1) is 0 Å². The van der Waals surface area contributed by atoms with Crippen LogP contribution in [0.3, 0.4) is 0 Å². The molecule has 2 N–H and O–H groups in total. The zero-order valence-corrected chi connectivity index (χ0v) is 18.6. The SMILES string of the molecule is CC[C@@H](NC(=O)c1ccc(NS(=O)(=O)c2ccccc2)cc1)c1ccc(OC)c(C)c1. The molecule has 0 spiro atoms. The number of amides is 1. The van der Waals surface area contributed by atoms with Gasteiger partial charge in [0.1, 0.15) is 5.75 Å².